The van der Waals surface area contributed by atoms with Gasteiger partial charge in [0, 0.05) is 16.7 Å². The Bertz CT molecular complexity index is 457. The van der Waals surface area contributed by atoms with Crippen LogP contribution in [-0.4, -0.2) is 5.90 Å². The Kier molecular flexibility index (Phi) is 2.60. The van der Waals surface area contributed by atoms with Gasteiger partial charge in [0.05, 0.1) is 5.70 Å². The Morgan fingerprint density at radius 1 is 1.27 bits per heavy atom. The second kappa shape index (κ2) is 3.91. The van der Waals surface area contributed by atoms with E-state index in [1.807, 2.05) is 19.1 Å². The molecule has 0 aliphatic carbocycles. The Morgan fingerprint density at radius 3 is 2.53 bits per heavy atom. The summed E-state index contributed by atoms with van der Waals surface area (Å²) in [4.78, 5) is 4.21. The smallest absolute Gasteiger partial charge is 0.226 e. The Balaban J connectivity index is 2.33. The third-order valence-corrected chi connectivity index (χ3v) is 2.22. The van der Waals surface area contributed by atoms with E-state index in [0.29, 0.717) is 16.6 Å². The molecule has 0 spiro atoms. The normalized spacial score (nSPS) is 15.5. The average molecular weight is 220 g/mol. The molecule has 1 aliphatic rings. The molecule has 15 heavy (non-hydrogen) atoms. The zero-order valence-electron chi connectivity index (χ0n) is 8.33. The lowest BCUT2D eigenvalue weighted by Crippen LogP contribution is -2.09. The van der Waals surface area contributed by atoms with Crippen LogP contribution < -0.4 is 0 Å². The highest BCUT2D eigenvalue weighted by Gasteiger charge is 2.10. The SMILES string of the molecule is C=C1C=C(C)OC(c2ccc(Cl)cc2)=N1. The number of halogens is 1. The Labute approximate surface area is 93.5 Å². The third-order valence-electron chi connectivity index (χ3n) is 1.96. The second-order valence-corrected chi connectivity index (χ2v) is 3.71. The molecule has 0 amide bonds. The van der Waals surface area contributed by atoms with E-state index in [4.69, 9.17) is 16.3 Å². The predicted molar refractivity (Wildman–Crippen MR) is 62.0 cm³/mol. The number of hydrogen-bond donors (Lipinski definition) is 0. The standard InChI is InChI=1S/C12H10ClNO/c1-8-7-9(2)15-12(14-8)10-3-5-11(13)6-4-10/h3-7H,1H2,2H3. The highest BCUT2D eigenvalue weighted by molar-refractivity contribution is 6.30. The molecule has 1 heterocycles. The molecule has 2 rings (SSSR count). The molecule has 0 aromatic heterocycles. The van der Waals surface area contributed by atoms with Gasteiger partial charge in [-0.3, -0.25) is 0 Å². The van der Waals surface area contributed by atoms with Gasteiger partial charge >= 0.3 is 0 Å². The van der Waals surface area contributed by atoms with Crippen molar-refractivity contribution in [1.29, 1.82) is 0 Å². The summed E-state index contributed by atoms with van der Waals surface area (Å²) in [5.41, 5.74) is 1.59. The van der Waals surface area contributed by atoms with Crippen LogP contribution in [-0.2, 0) is 4.74 Å². The molecule has 0 saturated heterocycles. The van der Waals surface area contributed by atoms with Gasteiger partial charge < -0.3 is 4.74 Å². The Hall–Kier alpha value is -1.54. The lowest BCUT2D eigenvalue weighted by atomic mass is 10.2. The van der Waals surface area contributed by atoms with E-state index in [-0.39, 0.29) is 0 Å². The predicted octanol–water partition coefficient (Wildman–Crippen LogP) is 3.53. The quantitative estimate of drug-likeness (QED) is 0.708. The molecule has 2 nitrogen and oxygen atoms in total. The largest absolute Gasteiger partial charge is 0.443 e. The monoisotopic (exact) mass is 219 g/mol. The van der Waals surface area contributed by atoms with Crippen LogP contribution in [0.3, 0.4) is 0 Å². The number of rotatable bonds is 1. The van der Waals surface area contributed by atoms with Crippen LogP contribution in [0.15, 0.2) is 53.4 Å². The van der Waals surface area contributed by atoms with Crippen molar-refractivity contribution in [2.45, 2.75) is 6.92 Å². The number of aliphatic imine (C=N–C) groups is 1. The van der Waals surface area contributed by atoms with Gasteiger partial charge in [-0.25, -0.2) is 4.99 Å². The van der Waals surface area contributed by atoms with E-state index in [2.05, 4.69) is 11.6 Å². The maximum atomic E-state index is 5.80. The fourth-order valence-electron chi connectivity index (χ4n) is 1.32. The van der Waals surface area contributed by atoms with Crippen molar-refractivity contribution in [2.24, 2.45) is 4.99 Å². The minimum Gasteiger partial charge on any atom is -0.443 e. The first-order valence-corrected chi connectivity index (χ1v) is 4.92. The topological polar surface area (TPSA) is 21.6 Å². The highest BCUT2D eigenvalue weighted by Crippen LogP contribution is 2.18. The number of benzene rings is 1. The van der Waals surface area contributed by atoms with Crippen LogP contribution in [0.1, 0.15) is 12.5 Å². The van der Waals surface area contributed by atoms with Crippen molar-refractivity contribution in [3.8, 4) is 0 Å². The van der Waals surface area contributed by atoms with Crippen molar-refractivity contribution in [3.63, 3.8) is 0 Å². The van der Waals surface area contributed by atoms with Gasteiger partial charge in [0.2, 0.25) is 5.90 Å². The minimum atomic E-state index is 0.566. The average Bonchev–Trinajstić information content (AvgIpc) is 2.17. The molecule has 1 aromatic rings. The first-order valence-electron chi connectivity index (χ1n) is 4.55. The maximum absolute atomic E-state index is 5.80. The zero-order valence-corrected chi connectivity index (χ0v) is 9.08. The van der Waals surface area contributed by atoms with Gasteiger partial charge in [0.25, 0.3) is 0 Å². The van der Waals surface area contributed by atoms with E-state index in [1.165, 1.54) is 0 Å². The molecule has 0 bridgehead atoms. The molecule has 76 valence electrons. The van der Waals surface area contributed by atoms with Gasteiger partial charge in [0.15, 0.2) is 0 Å². The molecule has 0 fully saturated rings. The summed E-state index contributed by atoms with van der Waals surface area (Å²) < 4.78 is 5.49. The van der Waals surface area contributed by atoms with Crippen molar-refractivity contribution in [1.82, 2.24) is 0 Å². The van der Waals surface area contributed by atoms with Crippen molar-refractivity contribution in [3.05, 3.63) is 59.0 Å². The molecule has 1 aliphatic heterocycles. The number of hydrogen-bond acceptors (Lipinski definition) is 2. The summed E-state index contributed by atoms with van der Waals surface area (Å²) in [5, 5.41) is 0.696. The van der Waals surface area contributed by atoms with Crippen LogP contribution in [0.25, 0.3) is 0 Å². The fourth-order valence-corrected chi connectivity index (χ4v) is 1.44. The molecule has 0 radical (unpaired) electrons. The lowest BCUT2D eigenvalue weighted by molar-refractivity contribution is 0.412. The molecule has 0 saturated carbocycles. The summed E-state index contributed by atoms with van der Waals surface area (Å²) >= 11 is 5.80. The highest BCUT2D eigenvalue weighted by atomic mass is 35.5. The van der Waals surface area contributed by atoms with E-state index in [1.54, 1.807) is 18.2 Å². The van der Waals surface area contributed by atoms with Gasteiger partial charge in [-0.2, -0.15) is 0 Å². The van der Waals surface area contributed by atoms with E-state index in [9.17, 15) is 0 Å². The second-order valence-electron chi connectivity index (χ2n) is 3.27. The van der Waals surface area contributed by atoms with E-state index in [0.717, 1.165) is 11.3 Å². The maximum Gasteiger partial charge on any atom is 0.226 e. The molecule has 0 unspecified atom stereocenters. The number of allylic oxidation sites excluding steroid dienone is 2. The lowest BCUT2D eigenvalue weighted by Gasteiger charge is -2.13. The van der Waals surface area contributed by atoms with E-state index >= 15 is 0 Å². The zero-order chi connectivity index (χ0) is 10.8. The summed E-state index contributed by atoms with van der Waals surface area (Å²) in [5.74, 6) is 1.36. The van der Waals surface area contributed by atoms with Gasteiger partial charge in [0.1, 0.15) is 5.76 Å². The summed E-state index contributed by atoms with van der Waals surface area (Å²) in [6, 6.07) is 7.35. The van der Waals surface area contributed by atoms with Gasteiger partial charge in [-0.15, -0.1) is 0 Å². The van der Waals surface area contributed by atoms with Crippen molar-refractivity contribution in [2.75, 3.05) is 0 Å². The molecule has 0 N–H and O–H groups in total. The summed E-state index contributed by atoms with van der Waals surface area (Å²) in [6.07, 6.45) is 1.79. The molecule has 0 atom stereocenters. The van der Waals surface area contributed by atoms with Crippen molar-refractivity contribution >= 4 is 17.5 Å². The Morgan fingerprint density at radius 2 is 1.93 bits per heavy atom. The van der Waals surface area contributed by atoms with Crippen LogP contribution in [0.5, 0.6) is 0 Å². The minimum absolute atomic E-state index is 0.566. The molecular weight excluding hydrogens is 210 g/mol. The number of ether oxygens (including phenoxy) is 1. The molecular formula is C12H10ClNO. The van der Waals surface area contributed by atoms with Crippen LogP contribution in [0.4, 0.5) is 0 Å². The van der Waals surface area contributed by atoms with Gasteiger partial charge in [-0.05, 0) is 31.2 Å². The van der Waals surface area contributed by atoms with Gasteiger partial charge in [-0.1, -0.05) is 18.2 Å². The first kappa shape index (κ1) is 9.99. The van der Waals surface area contributed by atoms with Crippen LogP contribution in [0, 0.1) is 0 Å². The van der Waals surface area contributed by atoms with Crippen LogP contribution >= 0.6 is 11.6 Å². The summed E-state index contributed by atoms with van der Waals surface area (Å²) in [7, 11) is 0. The molecule has 3 heteroatoms. The fraction of sp³-hybridized carbons (Fsp3) is 0.0833. The first-order chi connectivity index (χ1) is 7.15. The van der Waals surface area contributed by atoms with Crippen molar-refractivity contribution < 1.29 is 4.74 Å². The third kappa shape index (κ3) is 2.28. The molecule has 1 aromatic carbocycles. The summed E-state index contributed by atoms with van der Waals surface area (Å²) in [6.45, 7) is 5.66. The number of nitrogens with zero attached hydrogens (tertiary/aromatic N) is 1. The van der Waals surface area contributed by atoms with Crippen LogP contribution in [0.2, 0.25) is 5.02 Å². The van der Waals surface area contributed by atoms with E-state index < -0.39 is 0 Å².